The second-order valence-corrected chi connectivity index (χ2v) is 7.46. The minimum absolute atomic E-state index is 0.193. The van der Waals surface area contributed by atoms with E-state index in [0.29, 0.717) is 19.0 Å². The molecule has 1 atom stereocenters. The molecule has 0 aliphatic carbocycles. The Morgan fingerprint density at radius 1 is 1.28 bits per heavy atom. The van der Waals surface area contributed by atoms with Gasteiger partial charge in [0.1, 0.15) is 12.7 Å². The van der Waals surface area contributed by atoms with Crippen molar-refractivity contribution in [3.8, 4) is 11.5 Å². The molecule has 0 spiro atoms. The quantitative estimate of drug-likeness (QED) is 0.639. The second kappa shape index (κ2) is 10.2. The van der Waals surface area contributed by atoms with E-state index < -0.39 is 0 Å². The maximum Gasteiger partial charge on any atom is 0.224 e. The van der Waals surface area contributed by atoms with Crippen LogP contribution < -0.4 is 9.47 Å². The number of methoxy groups -OCH3 is 2. The summed E-state index contributed by atoms with van der Waals surface area (Å²) in [6, 6.07) is 6.45. The molecular weight excluding hydrogens is 370 g/mol. The van der Waals surface area contributed by atoms with Crippen LogP contribution in [0.1, 0.15) is 24.8 Å². The van der Waals surface area contributed by atoms with Gasteiger partial charge in [0.25, 0.3) is 0 Å². The number of carbonyl (C=O) groups is 1. The summed E-state index contributed by atoms with van der Waals surface area (Å²) in [6.07, 6.45) is 6.69. The summed E-state index contributed by atoms with van der Waals surface area (Å²) in [4.78, 5) is 20.9. The number of hydrogen-bond acceptors (Lipinski definition) is 6. The van der Waals surface area contributed by atoms with Crippen LogP contribution in [0.25, 0.3) is 0 Å². The predicted molar refractivity (Wildman–Crippen MR) is 110 cm³/mol. The number of ether oxygens (including phenoxy) is 2. The van der Waals surface area contributed by atoms with Gasteiger partial charge in [-0.3, -0.25) is 9.48 Å². The van der Waals surface area contributed by atoms with Gasteiger partial charge in [-0.2, -0.15) is 5.10 Å². The topological polar surface area (TPSA) is 72.7 Å². The first-order valence-corrected chi connectivity index (χ1v) is 10.1. The highest BCUT2D eigenvalue weighted by Crippen LogP contribution is 2.28. The largest absolute Gasteiger partial charge is 0.493 e. The van der Waals surface area contributed by atoms with Gasteiger partial charge in [-0.15, -0.1) is 0 Å². The molecule has 2 aromatic rings. The standard InChI is InChI=1S/C21H31N5O3/c1-24(11-8-17-6-7-19(28-2)20(13-17)29-3)18-5-4-10-25(14-18)21(27)9-12-26-16-22-15-23-26/h6-7,13,15-16,18H,4-5,8-12,14H2,1-3H3. The summed E-state index contributed by atoms with van der Waals surface area (Å²) in [7, 11) is 5.45. The number of likely N-dealkylation sites (tertiary alicyclic amines) is 1. The molecule has 1 aromatic heterocycles. The van der Waals surface area contributed by atoms with E-state index in [1.165, 1.54) is 11.9 Å². The number of carbonyl (C=O) groups excluding carboxylic acids is 1. The average molecular weight is 402 g/mol. The average Bonchev–Trinajstić information content (AvgIpc) is 3.29. The van der Waals surface area contributed by atoms with Crippen LogP contribution >= 0.6 is 0 Å². The molecule has 8 nitrogen and oxygen atoms in total. The Hall–Kier alpha value is -2.61. The number of rotatable bonds is 9. The SMILES string of the molecule is COc1ccc(CCN(C)C2CCCN(C(=O)CCn3cncn3)C2)cc1OC. The molecule has 0 radical (unpaired) electrons. The molecule has 158 valence electrons. The summed E-state index contributed by atoms with van der Waals surface area (Å²) in [6.45, 7) is 3.14. The van der Waals surface area contributed by atoms with Gasteiger partial charge < -0.3 is 19.3 Å². The van der Waals surface area contributed by atoms with Gasteiger partial charge in [0.15, 0.2) is 11.5 Å². The maximum absolute atomic E-state index is 12.6. The fraction of sp³-hybridized carbons (Fsp3) is 0.571. The fourth-order valence-corrected chi connectivity index (χ4v) is 3.78. The van der Waals surface area contributed by atoms with E-state index in [-0.39, 0.29) is 5.91 Å². The highest BCUT2D eigenvalue weighted by molar-refractivity contribution is 5.76. The van der Waals surface area contributed by atoms with E-state index in [2.05, 4.69) is 28.1 Å². The van der Waals surface area contributed by atoms with Crippen LogP contribution in [0.2, 0.25) is 0 Å². The first kappa shape index (κ1) is 21.1. The van der Waals surface area contributed by atoms with Gasteiger partial charge in [-0.1, -0.05) is 6.07 Å². The van der Waals surface area contributed by atoms with Crippen molar-refractivity contribution in [3.05, 3.63) is 36.4 Å². The van der Waals surface area contributed by atoms with Crippen LogP contribution in [0, 0.1) is 0 Å². The summed E-state index contributed by atoms with van der Waals surface area (Å²) in [5.41, 5.74) is 1.21. The number of hydrogen-bond donors (Lipinski definition) is 0. The van der Waals surface area contributed by atoms with E-state index in [0.717, 1.165) is 50.4 Å². The smallest absolute Gasteiger partial charge is 0.224 e. The molecule has 1 saturated heterocycles. The van der Waals surface area contributed by atoms with E-state index in [4.69, 9.17) is 9.47 Å². The molecule has 1 aliphatic heterocycles. The zero-order valence-electron chi connectivity index (χ0n) is 17.6. The van der Waals surface area contributed by atoms with Crippen LogP contribution in [0.5, 0.6) is 11.5 Å². The van der Waals surface area contributed by atoms with Crippen molar-refractivity contribution in [1.82, 2.24) is 24.6 Å². The molecule has 1 amide bonds. The molecule has 0 bridgehead atoms. The highest BCUT2D eigenvalue weighted by atomic mass is 16.5. The maximum atomic E-state index is 12.6. The molecule has 29 heavy (non-hydrogen) atoms. The van der Waals surface area contributed by atoms with Crippen molar-refractivity contribution >= 4 is 5.91 Å². The molecule has 1 fully saturated rings. The molecular formula is C21H31N5O3. The Morgan fingerprint density at radius 2 is 2.10 bits per heavy atom. The van der Waals surface area contributed by atoms with Gasteiger partial charge >= 0.3 is 0 Å². The number of nitrogens with zero attached hydrogens (tertiary/aromatic N) is 5. The Kier molecular flexibility index (Phi) is 7.46. The lowest BCUT2D eigenvalue weighted by molar-refractivity contribution is -0.133. The van der Waals surface area contributed by atoms with Crippen molar-refractivity contribution in [2.75, 3.05) is 40.9 Å². The van der Waals surface area contributed by atoms with Gasteiger partial charge in [0.05, 0.1) is 20.8 Å². The number of benzene rings is 1. The third-order valence-electron chi connectivity index (χ3n) is 5.60. The van der Waals surface area contributed by atoms with E-state index >= 15 is 0 Å². The molecule has 1 unspecified atom stereocenters. The molecule has 0 saturated carbocycles. The Balaban J connectivity index is 1.49. The molecule has 3 rings (SSSR count). The number of piperidine rings is 1. The number of aryl methyl sites for hydroxylation is 1. The first-order valence-electron chi connectivity index (χ1n) is 10.1. The van der Waals surface area contributed by atoms with Gasteiger partial charge in [-0.05, 0) is 44.0 Å². The second-order valence-electron chi connectivity index (χ2n) is 7.46. The fourth-order valence-electron chi connectivity index (χ4n) is 3.78. The molecule has 2 heterocycles. The zero-order chi connectivity index (χ0) is 20.6. The number of likely N-dealkylation sites (N-methyl/N-ethyl adjacent to an activating group) is 1. The summed E-state index contributed by atoms with van der Waals surface area (Å²) >= 11 is 0. The molecule has 0 N–H and O–H groups in total. The first-order chi connectivity index (χ1) is 14.1. The van der Waals surface area contributed by atoms with Crippen LogP contribution in [-0.2, 0) is 17.8 Å². The van der Waals surface area contributed by atoms with Gasteiger partial charge in [-0.25, -0.2) is 4.98 Å². The summed E-state index contributed by atoms with van der Waals surface area (Å²) < 4.78 is 12.4. The van der Waals surface area contributed by atoms with Crippen LogP contribution in [0.4, 0.5) is 0 Å². The van der Waals surface area contributed by atoms with E-state index in [1.807, 2.05) is 17.0 Å². The van der Waals surface area contributed by atoms with Crippen molar-refractivity contribution in [3.63, 3.8) is 0 Å². The van der Waals surface area contributed by atoms with Crippen molar-refractivity contribution < 1.29 is 14.3 Å². The normalized spacial score (nSPS) is 16.8. The predicted octanol–water partition coefficient (Wildman–Crippen LogP) is 1.85. The highest BCUT2D eigenvalue weighted by Gasteiger charge is 2.26. The summed E-state index contributed by atoms with van der Waals surface area (Å²) in [5.74, 6) is 1.70. The van der Waals surface area contributed by atoms with Crippen molar-refractivity contribution in [2.45, 2.75) is 38.3 Å². The lowest BCUT2D eigenvalue weighted by Gasteiger charge is -2.37. The van der Waals surface area contributed by atoms with Crippen LogP contribution in [-0.4, -0.2) is 77.4 Å². The summed E-state index contributed by atoms with van der Waals surface area (Å²) in [5, 5.41) is 4.06. The monoisotopic (exact) mass is 401 g/mol. The van der Waals surface area contributed by atoms with Crippen LogP contribution in [0.3, 0.4) is 0 Å². The zero-order valence-corrected chi connectivity index (χ0v) is 17.6. The Bertz CT molecular complexity index is 781. The van der Waals surface area contributed by atoms with Gasteiger partial charge in [0.2, 0.25) is 5.91 Å². The number of amides is 1. The molecule has 1 aliphatic rings. The van der Waals surface area contributed by atoms with Gasteiger partial charge in [0, 0.05) is 32.1 Å². The lowest BCUT2D eigenvalue weighted by atomic mass is 10.0. The number of aromatic nitrogens is 3. The molecule has 1 aromatic carbocycles. The minimum Gasteiger partial charge on any atom is -0.493 e. The van der Waals surface area contributed by atoms with E-state index in [9.17, 15) is 4.79 Å². The Morgan fingerprint density at radius 3 is 2.83 bits per heavy atom. The minimum atomic E-state index is 0.193. The Labute approximate surface area is 172 Å². The van der Waals surface area contributed by atoms with Crippen molar-refractivity contribution in [2.24, 2.45) is 0 Å². The third kappa shape index (κ3) is 5.69. The molecule has 8 heteroatoms. The lowest BCUT2D eigenvalue weighted by Crippen LogP contribution is -2.49. The van der Waals surface area contributed by atoms with Crippen molar-refractivity contribution in [1.29, 1.82) is 0 Å². The van der Waals surface area contributed by atoms with Crippen LogP contribution in [0.15, 0.2) is 30.9 Å². The third-order valence-corrected chi connectivity index (χ3v) is 5.60. The van der Waals surface area contributed by atoms with E-state index in [1.54, 1.807) is 25.2 Å².